The highest BCUT2D eigenvalue weighted by molar-refractivity contribution is 6.33. The first-order valence-corrected chi connectivity index (χ1v) is 7.73. The third kappa shape index (κ3) is 3.66. The fraction of sp³-hybridized carbons (Fsp3) is 0.235. The maximum absolute atomic E-state index is 12.8. The van der Waals surface area contributed by atoms with E-state index in [2.05, 4.69) is 5.32 Å². The van der Waals surface area contributed by atoms with E-state index in [-0.39, 0.29) is 10.7 Å². The van der Waals surface area contributed by atoms with E-state index in [1.807, 2.05) is 0 Å². The highest BCUT2D eigenvalue weighted by atomic mass is 35.5. The van der Waals surface area contributed by atoms with Gasteiger partial charge in [-0.05, 0) is 37.3 Å². The number of amides is 1. The highest BCUT2D eigenvalue weighted by Gasteiger charge is 2.35. The number of halogens is 4. The number of hydrogen-bond donors (Lipinski definition) is 1. The minimum atomic E-state index is -4.54. The molecule has 0 aromatic heterocycles. The number of alkyl halides is 3. The number of ether oxygens (including phenoxy) is 2. The van der Waals surface area contributed by atoms with Crippen LogP contribution in [0.15, 0.2) is 42.5 Å². The topological polar surface area (TPSA) is 47.6 Å². The van der Waals surface area contributed by atoms with Crippen LogP contribution < -0.4 is 14.8 Å². The Morgan fingerprint density at radius 2 is 1.76 bits per heavy atom. The third-order valence-corrected chi connectivity index (χ3v) is 3.98. The van der Waals surface area contributed by atoms with E-state index in [9.17, 15) is 18.0 Å². The molecule has 0 radical (unpaired) electrons. The molecule has 4 nitrogen and oxygen atoms in total. The Balaban J connectivity index is 1.81. The lowest BCUT2D eigenvalue weighted by Crippen LogP contribution is -2.46. The van der Waals surface area contributed by atoms with Crippen LogP contribution >= 0.6 is 11.6 Å². The zero-order chi connectivity index (χ0) is 18.2. The Hall–Kier alpha value is -2.41. The van der Waals surface area contributed by atoms with E-state index in [0.29, 0.717) is 11.5 Å². The van der Waals surface area contributed by atoms with Gasteiger partial charge in [-0.3, -0.25) is 4.79 Å². The summed E-state index contributed by atoms with van der Waals surface area (Å²) in [7, 11) is 0. The SMILES string of the molecule is C[C@@H]1Oc2ccccc2O[C@@H]1C(=O)Nc1cc(C(F)(F)F)ccc1Cl. The summed E-state index contributed by atoms with van der Waals surface area (Å²) in [5, 5.41) is 2.37. The zero-order valence-corrected chi connectivity index (χ0v) is 13.7. The molecule has 1 N–H and O–H groups in total. The number of benzene rings is 2. The van der Waals surface area contributed by atoms with Crippen molar-refractivity contribution >= 4 is 23.2 Å². The van der Waals surface area contributed by atoms with E-state index in [1.54, 1.807) is 31.2 Å². The molecule has 0 spiro atoms. The molecule has 0 aliphatic carbocycles. The Bertz CT molecular complexity index is 810. The minimum absolute atomic E-state index is 0.00821. The summed E-state index contributed by atoms with van der Waals surface area (Å²) >= 11 is 5.89. The van der Waals surface area contributed by atoms with Crippen LogP contribution in [0.4, 0.5) is 18.9 Å². The van der Waals surface area contributed by atoms with Gasteiger partial charge in [-0.1, -0.05) is 23.7 Å². The van der Waals surface area contributed by atoms with Gasteiger partial charge in [0.1, 0.15) is 6.10 Å². The second-order valence-electron chi connectivity index (χ2n) is 5.49. The van der Waals surface area contributed by atoms with Gasteiger partial charge >= 0.3 is 6.18 Å². The van der Waals surface area contributed by atoms with Gasteiger partial charge in [0.25, 0.3) is 5.91 Å². The number of anilines is 1. The van der Waals surface area contributed by atoms with Crippen molar-refractivity contribution in [3.63, 3.8) is 0 Å². The molecule has 1 aliphatic heterocycles. The van der Waals surface area contributed by atoms with Crippen molar-refractivity contribution in [2.24, 2.45) is 0 Å². The van der Waals surface area contributed by atoms with Gasteiger partial charge in [0.15, 0.2) is 11.5 Å². The van der Waals surface area contributed by atoms with Crippen LogP contribution in [-0.2, 0) is 11.0 Å². The molecule has 2 aromatic carbocycles. The van der Waals surface area contributed by atoms with Crippen LogP contribution in [0.25, 0.3) is 0 Å². The summed E-state index contributed by atoms with van der Waals surface area (Å²) in [6, 6.07) is 9.52. The van der Waals surface area contributed by atoms with E-state index < -0.39 is 29.9 Å². The molecule has 2 atom stereocenters. The first-order chi connectivity index (χ1) is 11.8. The second kappa shape index (κ2) is 6.48. The van der Waals surface area contributed by atoms with Gasteiger partial charge < -0.3 is 14.8 Å². The van der Waals surface area contributed by atoms with Crippen LogP contribution in [0.5, 0.6) is 11.5 Å². The predicted octanol–water partition coefficient (Wildman–Crippen LogP) is 4.53. The molecule has 0 saturated carbocycles. The zero-order valence-electron chi connectivity index (χ0n) is 12.9. The van der Waals surface area contributed by atoms with Crippen molar-refractivity contribution < 1.29 is 27.4 Å². The Morgan fingerprint density at radius 1 is 1.12 bits per heavy atom. The van der Waals surface area contributed by atoms with Gasteiger partial charge in [0.05, 0.1) is 16.3 Å². The van der Waals surface area contributed by atoms with Crippen LogP contribution in [0, 0.1) is 0 Å². The summed E-state index contributed by atoms with van der Waals surface area (Å²) in [5.74, 6) is 0.232. The van der Waals surface area contributed by atoms with Crippen molar-refractivity contribution in [3.8, 4) is 11.5 Å². The highest BCUT2D eigenvalue weighted by Crippen LogP contribution is 2.36. The summed E-state index contributed by atoms with van der Waals surface area (Å²) in [6.07, 6.45) is -6.19. The van der Waals surface area contributed by atoms with Gasteiger partial charge in [-0.25, -0.2) is 0 Å². The third-order valence-electron chi connectivity index (χ3n) is 3.65. The number of hydrogen-bond acceptors (Lipinski definition) is 3. The largest absolute Gasteiger partial charge is 0.482 e. The van der Waals surface area contributed by atoms with Crippen LogP contribution in [0.2, 0.25) is 5.02 Å². The second-order valence-corrected chi connectivity index (χ2v) is 5.90. The molecule has 0 fully saturated rings. The first kappa shape index (κ1) is 17.4. The predicted molar refractivity (Wildman–Crippen MR) is 86.0 cm³/mol. The van der Waals surface area contributed by atoms with E-state index in [4.69, 9.17) is 21.1 Å². The molecule has 8 heteroatoms. The molecular formula is C17H13ClF3NO3. The molecule has 0 saturated heterocycles. The van der Waals surface area contributed by atoms with Gasteiger partial charge in [0.2, 0.25) is 6.10 Å². The molecule has 1 aliphatic rings. The van der Waals surface area contributed by atoms with Crippen molar-refractivity contribution in [3.05, 3.63) is 53.1 Å². The standard InChI is InChI=1S/C17H13ClF3NO3/c1-9-15(25-14-5-3-2-4-13(14)24-9)16(23)22-12-8-10(17(19,20)21)6-7-11(12)18/h2-9,15H,1H3,(H,22,23)/t9-,15-/m0/s1. The molecule has 25 heavy (non-hydrogen) atoms. The lowest BCUT2D eigenvalue weighted by molar-refractivity contribution is -0.137. The van der Waals surface area contributed by atoms with E-state index in [0.717, 1.165) is 18.2 Å². The van der Waals surface area contributed by atoms with Gasteiger partial charge in [-0.2, -0.15) is 13.2 Å². The average molecular weight is 372 g/mol. The minimum Gasteiger partial charge on any atom is -0.482 e. The first-order valence-electron chi connectivity index (χ1n) is 7.35. The van der Waals surface area contributed by atoms with Crippen LogP contribution in [0.3, 0.4) is 0 Å². The van der Waals surface area contributed by atoms with Crippen LogP contribution in [0.1, 0.15) is 12.5 Å². The van der Waals surface area contributed by atoms with Crippen molar-refractivity contribution in [1.29, 1.82) is 0 Å². The van der Waals surface area contributed by atoms with Crippen molar-refractivity contribution in [2.75, 3.05) is 5.32 Å². The van der Waals surface area contributed by atoms with E-state index in [1.165, 1.54) is 0 Å². The molecule has 0 bridgehead atoms. The van der Waals surface area contributed by atoms with Crippen molar-refractivity contribution in [2.45, 2.75) is 25.3 Å². The maximum atomic E-state index is 12.8. The quantitative estimate of drug-likeness (QED) is 0.844. The Kier molecular flexibility index (Phi) is 4.51. The number of fused-ring (bicyclic) bond motifs is 1. The number of para-hydroxylation sites is 2. The molecule has 1 heterocycles. The normalized spacial score (nSPS) is 19.4. The lowest BCUT2D eigenvalue weighted by atomic mass is 10.1. The van der Waals surface area contributed by atoms with Gasteiger partial charge in [0, 0.05) is 0 Å². The fourth-order valence-electron chi connectivity index (χ4n) is 2.41. The van der Waals surface area contributed by atoms with E-state index >= 15 is 0 Å². The molecular weight excluding hydrogens is 359 g/mol. The summed E-state index contributed by atoms with van der Waals surface area (Å²) in [6.45, 7) is 1.63. The Labute approximate surface area is 146 Å². The molecule has 132 valence electrons. The lowest BCUT2D eigenvalue weighted by Gasteiger charge is -2.31. The molecule has 3 rings (SSSR count). The summed E-state index contributed by atoms with van der Waals surface area (Å²) in [4.78, 5) is 12.4. The number of carbonyl (C=O) groups excluding carboxylic acids is 1. The smallest absolute Gasteiger partial charge is 0.416 e. The van der Waals surface area contributed by atoms with Gasteiger partial charge in [-0.15, -0.1) is 0 Å². The number of carbonyl (C=O) groups is 1. The number of nitrogens with one attached hydrogen (secondary N) is 1. The monoisotopic (exact) mass is 371 g/mol. The van der Waals surface area contributed by atoms with Crippen LogP contribution in [-0.4, -0.2) is 18.1 Å². The summed E-state index contributed by atoms with van der Waals surface area (Å²) < 4.78 is 49.7. The Morgan fingerprint density at radius 3 is 2.40 bits per heavy atom. The molecule has 0 unspecified atom stereocenters. The maximum Gasteiger partial charge on any atom is 0.416 e. The molecule has 2 aromatic rings. The summed E-state index contributed by atoms with van der Waals surface area (Å²) in [5.41, 5.74) is -1.05. The average Bonchev–Trinajstić information content (AvgIpc) is 2.55. The fourth-order valence-corrected chi connectivity index (χ4v) is 2.57. The molecule has 1 amide bonds. The number of rotatable bonds is 2. The van der Waals surface area contributed by atoms with Crippen molar-refractivity contribution in [1.82, 2.24) is 0 Å².